The van der Waals surface area contributed by atoms with E-state index in [1.807, 2.05) is 0 Å². The first kappa shape index (κ1) is 28.4. The lowest BCUT2D eigenvalue weighted by molar-refractivity contribution is -0.132. The minimum atomic E-state index is -0.426. The van der Waals surface area contributed by atoms with Crippen molar-refractivity contribution in [3.05, 3.63) is 35.4 Å². The lowest BCUT2D eigenvalue weighted by atomic mass is 9.90. The van der Waals surface area contributed by atoms with Crippen molar-refractivity contribution in [1.82, 2.24) is 19.9 Å². The van der Waals surface area contributed by atoms with E-state index in [1.54, 1.807) is 36.0 Å². The highest BCUT2D eigenvalue weighted by Crippen LogP contribution is 2.50. The van der Waals surface area contributed by atoms with Crippen LogP contribution in [0.15, 0.2) is 22.7 Å². The molecule has 1 aromatic carbocycles. The van der Waals surface area contributed by atoms with Crippen molar-refractivity contribution < 1.29 is 23.2 Å². The molecule has 2 aliphatic heterocycles. The quantitative estimate of drug-likeness (QED) is 0.409. The van der Waals surface area contributed by atoms with Gasteiger partial charge in [-0.25, -0.2) is 4.39 Å². The molecule has 3 heterocycles. The molecule has 2 saturated heterocycles. The molecular formula is C30H42FN5O4. The number of aromatic nitrogens is 2. The van der Waals surface area contributed by atoms with Crippen LogP contribution in [-0.4, -0.2) is 78.1 Å². The van der Waals surface area contributed by atoms with Crippen LogP contribution < -0.4 is 9.64 Å². The zero-order chi connectivity index (χ0) is 28.4. The summed E-state index contributed by atoms with van der Waals surface area (Å²) in [6, 6.07) is 5.44. The van der Waals surface area contributed by atoms with Gasteiger partial charge in [-0.1, -0.05) is 25.1 Å². The van der Waals surface area contributed by atoms with Gasteiger partial charge in [-0.3, -0.25) is 9.59 Å². The number of amides is 2. The lowest BCUT2D eigenvalue weighted by Crippen LogP contribution is -2.41. The van der Waals surface area contributed by atoms with Gasteiger partial charge in [0, 0.05) is 58.2 Å². The Balaban J connectivity index is 1.01. The van der Waals surface area contributed by atoms with Gasteiger partial charge in [-0.15, -0.1) is 0 Å². The molecule has 3 fully saturated rings. The van der Waals surface area contributed by atoms with Gasteiger partial charge in [0.15, 0.2) is 5.82 Å². The van der Waals surface area contributed by atoms with E-state index < -0.39 is 5.82 Å². The summed E-state index contributed by atoms with van der Waals surface area (Å²) in [5.41, 5.74) is 0.356. The highest BCUT2D eigenvalue weighted by Gasteiger charge is 2.43. The number of likely N-dealkylation sites (tertiary alicyclic amines) is 1. The molecule has 0 spiro atoms. The molecule has 1 saturated carbocycles. The molecule has 1 unspecified atom stereocenters. The van der Waals surface area contributed by atoms with Crippen molar-refractivity contribution in [2.45, 2.75) is 70.8 Å². The molecule has 2 aromatic rings. The van der Waals surface area contributed by atoms with Gasteiger partial charge in [0.2, 0.25) is 11.8 Å². The Morgan fingerprint density at radius 3 is 2.67 bits per heavy atom. The van der Waals surface area contributed by atoms with E-state index in [2.05, 4.69) is 28.9 Å². The van der Waals surface area contributed by atoms with Crippen LogP contribution in [0, 0.1) is 23.6 Å². The predicted octanol–water partition coefficient (Wildman–Crippen LogP) is 4.28. The maximum absolute atomic E-state index is 14.8. The van der Waals surface area contributed by atoms with E-state index in [-0.39, 0.29) is 30.2 Å². The molecular weight excluding hydrogens is 513 g/mol. The Morgan fingerprint density at radius 2 is 2.02 bits per heavy atom. The minimum absolute atomic E-state index is 0.0129. The van der Waals surface area contributed by atoms with E-state index in [9.17, 15) is 14.0 Å². The first-order valence-corrected chi connectivity index (χ1v) is 14.7. The number of halogens is 1. The minimum Gasteiger partial charge on any atom is -0.493 e. The average Bonchev–Trinajstić information content (AvgIpc) is 3.40. The van der Waals surface area contributed by atoms with Crippen LogP contribution in [0.4, 0.5) is 10.4 Å². The molecule has 0 N–H and O–H groups in total. The molecule has 1 aliphatic carbocycles. The number of carbonyl (C=O) groups excluding carboxylic acids is 2. The summed E-state index contributed by atoms with van der Waals surface area (Å²) in [5, 5.41) is 4.09. The van der Waals surface area contributed by atoms with Gasteiger partial charge in [-0.05, 0) is 61.5 Å². The van der Waals surface area contributed by atoms with Gasteiger partial charge in [-0.2, -0.15) is 4.98 Å². The summed E-state index contributed by atoms with van der Waals surface area (Å²) in [4.78, 5) is 34.4. The molecule has 9 nitrogen and oxygen atoms in total. The topological polar surface area (TPSA) is 92.0 Å². The molecule has 3 atom stereocenters. The molecule has 218 valence electrons. The van der Waals surface area contributed by atoms with Crippen LogP contribution in [0.5, 0.6) is 5.75 Å². The van der Waals surface area contributed by atoms with Crippen LogP contribution in [-0.2, 0) is 16.0 Å². The van der Waals surface area contributed by atoms with Crippen molar-refractivity contribution in [3.8, 4) is 5.75 Å². The van der Waals surface area contributed by atoms with Crippen molar-refractivity contribution in [3.63, 3.8) is 0 Å². The zero-order valence-corrected chi connectivity index (χ0v) is 24.1. The third kappa shape index (κ3) is 6.58. The lowest BCUT2D eigenvalue weighted by Gasteiger charge is -2.30. The van der Waals surface area contributed by atoms with Crippen LogP contribution in [0.2, 0.25) is 0 Å². The molecule has 0 bridgehead atoms. The predicted molar refractivity (Wildman–Crippen MR) is 149 cm³/mol. The zero-order valence-electron chi connectivity index (χ0n) is 24.1. The van der Waals surface area contributed by atoms with Gasteiger partial charge in [0.25, 0.3) is 0 Å². The van der Waals surface area contributed by atoms with E-state index in [0.717, 1.165) is 56.4 Å². The van der Waals surface area contributed by atoms with Gasteiger partial charge >= 0.3 is 6.01 Å². The summed E-state index contributed by atoms with van der Waals surface area (Å²) in [5.74, 6) is 3.16. The molecule has 2 amide bonds. The second-order valence-electron chi connectivity index (χ2n) is 12.1. The average molecular weight is 556 g/mol. The molecule has 40 heavy (non-hydrogen) atoms. The standard InChI is InChI=1S/C30H42FN5O4/c1-19(2)29-32-30(40-33-29)36-12-9-20(10-13-36)25-15-21(25)11-14-39-24-7-5-22(26(31)17-24)16-28(38)34(3)18-23-6-8-27(37)35(23)4/h5,7,17,19-21,23,25H,6,8-16,18H2,1-4H3/t21-,23?,25-/m1/s1. The Morgan fingerprint density at radius 1 is 1.25 bits per heavy atom. The largest absolute Gasteiger partial charge is 0.493 e. The molecule has 1 aromatic heterocycles. The number of benzene rings is 1. The molecule has 10 heteroatoms. The second-order valence-corrected chi connectivity index (χ2v) is 12.1. The number of carbonyl (C=O) groups is 2. The Labute approximate surface area is 236 Å². The highest BCUT2D eigenvalue weighted by atomic mass is 19.1. The Bertz CT molecular complexity index is 1190. The normalized spacial score (nSPS) is 23.2. The fourth-order valence-corrected chi connectivity index (χ4v) is 6.17. The first-order valence-electron chi connectivity index (χ1n) is 14.7. The number of nitrogens with zero attached hydrogens (tertiary/aromatic N) is 5. The maximum Gasteiger partial charge on any atom is 0.324 e. The van der Waals surface area contributed by atoms with E-state index in [0.29, 0.717) is 42.8 Å². The number of piperidine rings is 1. The number of hydrogen-bond donors (Lipinski definition) is 0. The third-order valence-corrected chi connectivity index (χ3v) is 9.01. The summed E-state index contributed by atoms with van der Waals surface area (Å²) in [7, 11) is 3.48. The van der Waals surface area contributed by atoms with Crippen molar-refractivity contribution in [1.29, 1.82) is 0 Å². The first-order chi connectivity index (χ1) is 19.2. The monoisotopic (exact) mass is 555 g/mol. The molecule has 3 aliphatic rings. The maximum atomic E-state index is 14.8. The van der Waals surface area contributed by atoms with E-state index in [1.165, 1.54) is 12.5 Å². The number of likely N-dealkylation sites (N-methyl/N-ethyl adjacent to an activating group) is 2. The molecule has 0 radical (unpaired) electrons. The van der Waals surface area contributed by atoms with Crippen LogP contribution in [0.25, 0.3) is 0 Å². The second kappa shape index (κ2) is 12.1. The van der Waals surface area contributed by atoms with Crippen LogP contribution >= 0.6 is 0 Å². The number of hydrogen-bond acceptors (Lipinski definition) is 7. The third-order valence-electron chi connectivity index (χ3n) is 9.01. The van der Waals surface area contributed by atoms with Crippen LogP contribution in [0.1, 0.15) is 69.7 Å². The Kier molecular flexibility index (Phi) is 8.61. The summed E-state index contributed by atoms with van der Waals surface area (Å²) in [6.07, 6.45) is 5.73. The van der Waals surface area contributed by atoms with Gasteiger partial charge in [0.1, 0.15) is 11.6 Å². The Hall–Kier alpha value is -3.17. The highest BCUT2D eigenvalue weighted by molar-refractivity contribution is 5.80. The smallest absolute Gasteiger partial charge is 0.324 e. The van der Waals surface area contributed by atoms with Crippen molar-refractivity contribution in [2.75, 3.05) is 45.2 Å². The van der Waals surface area contributed by atoms with Gasteiger partial charge < -0.3 is 24.0 Å². The summed E-state index contributed by atoms with van der Waals surface area (Å²) < 4.78 is 26.1. The van der Waals surface area contributed by atoms with Crippen LogP contribution in [0.3, 0.4) is 0 Å². The van der Waals surface area contributed by atoms with Crippen molar-refractivity contribution in [2.24, 2.45) is 17.8 Å². The number of rotatable bonds is 11. The van der Waals surface area contributed by atoms with E-state index >= 15 is 0 Å². The summed E-state index contributed by atoms with van der Waals surface area (Å²) >= 11 is 0. The van der Waals surface area contributed by atoms with E-state index in [4.69, 9.17) is 9.26 Å². The van der Waals surface area contributed by atoms with Crippen molar-refractivity contribution >= 4 is 17.8 Å². The van der Waals surface area contributed by atoms with Gasteiger partial charge in [0.05, 0.1) is 13.0 Å². The number of ether oxygens (including phenoxy) is 1. The number of anilines is 1. The summed E-state index contributed by atoms with van der Waals surface area (Å²) in [6.45, 7) is 7.05. The SMILES string of the molecule is CC(C)c1noc(N2CCC([C@H]3C[C@H]3CCOc3ccc(CC(=O)N(C)CC4CCC(=O)N4C)c(F)c3)CC2)n1. The fraction of sp³-hybridized carbons (Fsp3) is 0.667. The fourth-order valence-electron chi connectivity index (χ4n) is 6.17. The molecule has 5 rings (SSSR count).